The molecule has 0 unspecified atom stereocenters. The zero-order valence-electron chi connectivity index (χ0n) is 20.0. The molecule has 2 N–H and O–H groups in total. The third-order valence-electron chi connectivity index (χ3n) is 5.74. The van der Waals surface area contributed by atoms with Crippen LogP contribution in [0.3, 0.4) is 0 Å². The summed E-state index contributed by atoms with van der Waals surface area (Å²) in [6, 6.07) is 9.88. The summed E-state index contributed by atoms with van der Waals surface area (Å²) in [7, 11) is -1.94. The number of ether oxygens (including phenoxy) is 1. The fourth-order valence-electron chi connectivity index (χ4n) is 3.85. The lowest BCUT2D eigenvalue weighted by molar-refractivity contribution is 0.0730. The van der Waals surface area contributed by atoms with Crippen molar-refractivity contribution in [3.05, 3.63) is 53.9 Å². The largest absolute Gasteiger partial charge is 0.487 e. The molecule has 0 saturated heterocycles. The molecule has 0 saturated carbocycles. The molecule has 9 heteroatoms. The van der Waals surface area contributed by atoms with Gasteiger partial charge in [0.25, 0.3) is 0 Å². The van der Waals surface area contributed by atoms with E-state index in [9.17, 15) is 18.6 Å². The van der Waals surface area contributed by atoms with Crippen molar-refractivity contribution in [3.63, 3.8) is 0 Å². The van der Waals surface area contributed by atoms with Crippen LogP contribution >= 0.6 is 0 Å². The molecule has 4 atom stereocenters. The number of likely N-dealkylation sites (N-methyl/N-ethyl adjacent to an activating group) is 1. The second-order valence-corrected chi connectivity index (χ2v) is 10.7. The molecule has 0 aliphatic carbocycles. The van der Waals surface area contributed by atoms with Crippen molar-refractivity contribution in [1.29, 1.82) is 0 Å². The van der Waals surface area contributed by atoms with E-state index in [1.54, 1.807) is 32.2 Å². The van der Waals surface area contributed by atoms with E-state index >= 15 is 0 Å². The first-order chi connectivity index (χ1) is 16.1. The van der Waals surface area contributed by atoms with Crippen LogP contribution in [0.15, 0.2) is 47.5 Å². The summed E-state index contributed by atoms with van der Waals surface area (Å²) in [5, 5.41) is 19.3. The Morgan fingerprint density at radius 3 is 2.71 bits per heavy atom. The number of aliphatic hydroxyl groups excluding tert-OH is 2. The summed E-state index contributed by atoms with van der Waals surface area (Å²) in [4.78, 5) is 6.51. The Morgan fingerprint density at radius 2 is 2.06 bits per heavy atom. The van der Waals surface area contributed by atoms with Crippen LogP contribution in [0.4, 0.5) is 0 Å². The summed E-state index contributed by atoms with van der Waals surface area (Å²) in [6.07, 6.45) is 0.625. The molecular formula is C25H33N3O5S. The Balaban J connectivity index is 1.99. The van der Waals surface area contributed by atoms with Gasteiger partial charge in [-0.05, 0) is 51.2 Å². The second kappa shape index (κ2) is 11.3. The van der Waals surface area contributed by atoms with Crippen molar-refractivity contribution in [2.24, 2.45) is 5.92 Å². The predicted molar refractivity (Wildman–Crippen MR) is 130 cm³/mol. The molecule has 0 fully saturated rings. The fraction of sp³-hybridized carbons (Fsp3) is 0.480. The molecule has 2 heterocycles. The van der Waals surface area contributed by atoms with Crippen LogP contribution in [-0.2, 0) is 16.6 Å². The Bertz CT molecular complexity index is 1130. The standard InChI is InChI=1S/C25H33N3O5S/c1-18-14-28(19(2)17-29)34(31,32)25-11-10-21(9-8-20(3)30)13-23(25)33-24(18)16-27(4)15-22-7-5-6-12-26-22/h5-7,10-13,18-20,24,29-30H,14-17H2,1-4H3/t18-,19+,20-,24-/m1/s1. The van der Waals surface area contributed by atoms with Crippen LogP contribution < -0.4 is 4.74 Å². The van der Waals surface area contributed by atoms with Crippen LogP contribution in [0, 0.1) is 17.8 Å². The Morgan fingerprint density at radius 1 is 1.29 bits per heavy atom. The SMILES string of the molecule is C[C@@H]1CN([C@@H](C)CO)S(=O)(=O)c2ccc(C#C[C@@H](C)O)cc2O[C@@H]1CN(C)Cc1ccccn1. The molecule has 0 spiro atoms. The quantitative estimate of drug-likeness (QED) is 0.598. The van der Waals surface area contributed by atoms with E-state index in [0.29, 0.717) is 18.7 Å². The maximum absolute atomic E-state index is 13.5. The lowest BCUT2D eigenvalue weighted by Crippen LogP contribution is -2.49. The van der Waals surface area contributed by atoms with Crippen LogP contribution in [0.1, 0.15) is 32.0 Å². The minimum Gasteiger partial charge on any atom is -0.487 e. The molecule has 1 aliphatic heterocycles. The summed E-state index contributed by atoms with van der Waals surface area (Å²) in [5.41, 5.74) is 1.48. The van der Waals surface area contributed by atoms with Crippen molar-refractivity contribution in [2.45, 2.75) is 50.5 Å². The van der Waals surface area contributed by atoms with Crippen LogP contribution in [0.5, 0.6) is 5.75 Å². The molecule has 0 radical (unpaired) electrons. The summed E-state index contributed by atoms with van der Waals surface area (Å²) < 4.78 is 34.7. The number of benzene rings is 1. The number of hydrogen-bond acceptors (Lipinski definition) is 7. The molecule has 184 valence electrons. The van der Waals surface area contributed by atoms with Gasteiger partial charge in [-0.3, -0.25) is 9.88 Å². The number of rotatable bonds is 6. The van der Waals surface area contributed by atoms with Gasteiger partial charge in [-0.1, -0.05) is 24.8 Å². The van der Waals surface area contributed by atoms with Gasteiger partial charge in [-0.15, -0.1) is 0 Å². The Labute approximate surface area is 202 Å². The van der Waals surface area contributed by atoms with Gasteiger partial charge in [0.2, 0.25) is 10.0 Å². The van der Waals surface area contributed by atoms with Gasteiger partial charge in [0.05, 0.1) is 12.3 Å². The van der Waals surface area contributed by atoms with E-state index in [2.05, 4.69) is 21.7 Å². The molecule has 1 aromatic heterocycles. The highest BCUT2D eigenvalue weighted by Gasteiger charge is 2.38. The normalized spacial score (nSPS) is 21.9. The lowest BCUT2D eigenvalue weighted by Gasteiger charge is -2.37. The van der Waals surface area contributed by atoms with E-state index in [1.807, 2.05) is 32.2 Å². The van der Waals surface area contributed by atoms with Crippen molar-refractivity contribution < 1.29 is 23.4 Å². The number of nitrogens with zero attached hydrogens (tertiary/aromatic N) is 3. The molecule has 0 amide bonds. The van der Waals surface area contributed by atoms with Crippen LogP contribution in [0.2, 0.25) is 0 Å². The molecule has 8 nitrogen and oxygen atoms in total. The maximum atomic E-state index is 13.5. The summed E-state index contributed by atoms with van der Waals surface area (Å²) >= 11 is 0. The van der Waals surface area contributed by atoms with Gasteiger partial charge in [-0.2, -0.15) is 4.31 Å². The second-order valence-electron chi connectivity index (χ2n) is 8.86. The predicted octanol–water partition coefficient (Wildman–Crippen LogP) is 1.71. The molecular weight excluding hydrogens is 454 g/mol. The van der Waals surface area contributed by atoms with Gasteiger partial charge < -0.3 is 14.9 Å². The monoisotopic (exact) mass is 487 g/mol. The molecule has 2 aromatic rings. The number of hydrogen-bond donors (Lipinski definition) is 2. The molecule has 1 aliphatic rings. The van der Waals surface area contributed by atoms with E-state index < -0.39 is 22.2 Å². The van der Waals surface area contributed by atoms with E-state index in [4.69, 9.17) is 4.74 Å². The van der Waals surface area contributed by atoms with E-state index in [-0.39, 0.29) is 35.8 Å². The number of fused-ring (bicyclic) bond motifs is 1. The molecule has 34 heavy (non-hydrogen) atoms. The van der Waals surface area contributed by atoms with Gasteiger partial charge >= 0.3 is 0 Å². The minimum atomic E-state index is -3.91. The highest BCUT2D eigenvalue weighted by atomic mass is 32.2. The molecule has 1 aromatic carbocycles. The summed E-state index contributed by atoms with van der Waals surface area (Å²) in [6.45, 7) is 6.30. The van der Waals surface area contributed by atoms with Crippen molar-refractivity contribution in [2.75, 3.05) is 26.7 Å². The number of pyridine rings is 1. The number of aromatic nitrogens is 1. The van der Waals surface area contributed by atoms with Gasteiger partial charge in [-0.25, -0.2) is 8.42 Å². The van der Waals surface area contributed by atoms with E-state index in [1.165, 1.54) is 10.4 Å². The highest BCUT2D eigenvalue weighted by molar-refractivity contribution is 7.89. The van der Waals surface area contributed by atoms with Crippen molar-refractivity contribution >= 4 is 10.0 Å². The number of sulfonamides is 1. The highest BCUT2D eigenvalue weighted by Crippen LogP contribution is 2.34. The summed E-state index contributed by atoms with van der Waals surface area (Å²) in [5.74, 6) is 5.59. The smallest absolute Gasteiger partial charge is 0.247 e. The topological polar surface area (TPSA) is 103 Å². The van der Waals surface area contributed by atoms with Gasteiger partial charge in [0, 0.05) is 43.4 Å². The number of aliphatic hydroxyl groups is 2. The first-order valence-corrected chi connectivity index (χ1v) is 12.8. The van der Waals surface area contributed by atoms with Crippen LogP contribution in [-0.4, -0.2) is 77.8 Å². The first-order valence-electron chi connectivity index (χ1n) is 11.3. The third kappa shape index (κ3) is 6.34. The van der Waals surface area contributed by atoms with Crippen LogP contribution in [0.25, 0.3) is 0 Å². The van der Waals surface area contributed by atoms with Gasteiger partial charge in [0.15, 0.2) is 0 Å². The van der Waals surface area contributed by atoms with Gasteiger partial charge in [0.1, 0.15) is 22.9 Å². The van der Waals surface area contributed by atoms with Crippen molar-refractivity contribution in [1.82, 2.24) is 14.2 Å². The lowest BCUT2D eigenvalue weighted by atomic mass is 10.0. The average Bonchev–Trinajstić information content (AvgIpc) is 2.80. The molecule has 3 rings (SSSR count). The minimum absolute atomic E-state index is 0.0414. The Kier molecular flexibility index (Phi) is 8.68. The third-order valence-corrected chi connectivity index (χ3v) is 7.76. The zero-order valence-corrected chi connectivity index (χ0v) is 20.9. The molecule has 0 bridgehead atoms. The zero-order chi connectivity index (χ0) is 24.9. The van der Waals surface area contributed by atoms with Crippen molar-refractivity contribution in [3.8, 4) is 17.6 Å². The average molecular weight is 488 g/mol. The van der Waals surface area contributed by atoms with E-state index in [0.717, 1.165) is 5.69 Å². The first kappa shape index (κ1) is 26.1. The fourth-order valence-corrected chi connectivity index (χ4v) is 5.67. The Hall–Kier alpha value is -2.48. The maximum Gasteiger partial charge on any atom is 0.247 e.